The molecule has 0 radical (unpaired) electrons. The monoisotopic (exact) mass is 241 g/mol. The molecule has 16 heavy (non-hydrogen) atoms. The van der Waals surface area contributed by atoms with Gasteiger partial charge in [-0.25, -0.2) is 0 Å². The molecule has 0 amide bonds. The van der Waals surface area contributed by atoms with Crippen molar-refractivity contribution in [1.82, 2.24) is 15.3 Å². The van der Waals surface area contributed by atoms with Crippen LogP contribution < -0.4 is 10.1 Å². The molecule has 1 saturated carbocycles. The second-order valence-corrected chi connectivity index (χ2v) is 4.40. The third-order valence-corrected chi connectivity index (χ3v) is 3.11. The third kappa shape index (κ3) is 2.83. The smallest absolute Gasteiger partial charge is 0.234 e. The quantitative estimate of drug-likeness (QED) is 0.880. The molecule has 1 aliphatic carbocycles. The van der Waals surface area contributed by atoms with Gasteiger partial charge < -0.3 is 10.1 Å². The van der Waals surface area contributed by atoms with E-state index >= 15 is 0 Å². The minimum atomic E-state index is 0.173. The van der Waals surface area contributed by atoms with Crippen molar-refractivity contribution in [2.75, 3.05) is 7.05 Å². The Balaban J connectivity index is 2.02. The largest absolute Gasteiger partial charge is 0.472 e. The summed E-state index contributed by atoms with van der Waals surface area (Å²) in [5.74, 6) is 0.514. The van der Waals surface area contributed by atoms with E-state index in [4.69, 9.17) is 16.3 Å². The molecule has 0 saturated heterocycles. The van der Waals surface area contributed by atoms with Gasteiger partial charge in [-0.3, -0.25) is 4.98 Å². The van der Waals surface area contributed by atoms with Crippen LogP contribution in [-0.2, 0) is 0 Å². The average molecular weight is 242 g/mol. The number of hydrogen-bond donors (Lipinski definition) is 1. The molecule has 88 valence electrons. The highest BCUT2D eigenvalue weighted by molar-refractivity contribution is 6.29. The van der Waals surface area contributed by atoms with E-state index in [0.717, 1.165) is 12.8 Å². The van der Waals surface area contributed by atoms with Crippen molar-refractivity contribution in [3.05, 3.63) is 17.5 Å². The number of rotatable bonds is 3. The van der Waals surface area contributed by atoms with Crippen LogP contribution in [0.2, 0.25) is 5.15 Å². The molecule has 2 unspecified atom stereocenters. The van der Waals surface area contributed by atoms with Gasteiger partial charge in [0, 0.05) is 6.04 Å². The second-order valence-electron chi connectivity index (χ2n) is 4.02. The van der Waals surface area contributed by atoms with Gasteiger partial charge in [0.1, 0.15) is 6.10 Å². The van der Waals surface area contributed by atoms with Crippen LogP contribution in [-0.4, -0.2) is 29.2 Å². The highest BCUT2D eigenvalue weighted by Gasteiger charge is 2.25. The van der Waals surface area contributed by atoms with Crippen molar-refractivity contribution < 1.29 is 4.74 Å². The Bertz CT molecular complexity index is 348. The summed E-state index contributed by atoms with van der Waals surface area (Å²) in [5, 5.41) is 3.65. The first kappa shape index (κ1) is 11.6. The molecule has 0 spiro atoms. The predicted octanol–water partition coefficient (Wildman–Crippen LogP) is 2.04. The lowest BCUT2D eigenvalue weighted by molar-refractivity contribution is 0.112. The van der Waals surface area contributed by atoms with E-state index in [1.807, 2.05) is 7.05 Å². The maximum atomic E-state index is 5.82. The van der Waals surface area contributed by atoms with Crippen LogP contribution in [0.3, 0.4) is 0 Å². The standard InChI is InChI=1S/C11H16ClN3O/c1-13-8-4-2-3-5-9(8)16-11-7-14-6-10(12)15-11/h6-9,13H,2-5H2,1H3. The van der Waals surface area contributed by atoms with E-state index in [9.17, 15) is 0 Å². The molecule has 1 fully saturated rings. The molecule has 0 aromatic carbocycles. The molecule has 1 N–H and O–H groups in total. The lowest BCUT2D eigenvalue weighted by Crippen LogP contribution is -2.43. The van der Waals surface area contributed by atoms with Gasteiger partial charge in [-0.2, -0.15) is 4.98 Å². The van der Waals surface area contributed by atoms with Crippen LogP contribution in [0.1, 0.15) is 25.7 Å². The molecular formula is C11H16ClN3O. The first-order chi connectivity index (χ1) is 7.79. The number of hydrogen-bond acceptors (Lipinski definition) is 4. The Kier molecular flexibility index (Phi) is 3.96. The van der Waals surface area contributed by atoms with E-state index in [-0.39, 0.29) is 6.10 Å². The summed E-state index contributed by atoms with van der Waals surface area (Å²) in [4.78, 5) is 8.05. The normalized spacial score (nSPS) is 25.4. The molecule has 0 aliphatic heterocycles. The summed E-state index contributed by atoms with van der Waals surface area (Å²) in [6, 6.07) is 0.398. The van der Waals surface area contributed by atoms with Crippen molar-refractivity contribution in [1.29, 1.82) is 0 Å². The minimum Gasteiger partial charge on any atom is -0.472 e. The lowest BCUT2D eigenvalue weighted by atomic mass is 9.92. The zero-order chi connectivity index (χ0) is 11.4. The molecular weight excluding hydrogens is 226 g/mol. The maximum absolute atomic E-state index is 5.82. The number of ether oxygens (including phenoxy) is 1. The fraction of sp³-hybridized carbons (Fsp3) is 0.636. The van der Waals surface area contributed by atoms with Crippen molar-refractivity contribution in [3.8, 4) is 5.88 Å². The molecule has 5 heteroatoms. The molecule has 1 heterocycles. The molecule has 4 nitrogen and oxygen atoms in total. The SMILES string of the molecule is CNC1CCCCC1Oc1cncc(Cl)n1. The van der Waals surface area contributed by atoms with Crippen LogP contribution in [0, 0.1) is 0 Å². The Labute approximate surface area is 100 Å². The Hall–Kier alpha value is -0.870. The zero-order valence-electron chi connectivity index (χ0n) is 9.32. The van der Waals surface area contributed by atoms with Crippen LogP contribution in [0.15, 0.2) is 12.4 Å². The Morgan fingerprint density at radius 1 is 1.38 bits per heavy atom. The summed E-state index contributed by atoms with van der Waals surface area (Å²) in [7, 11) is 1.97. The lowest BCUT2D eigenvalue weighted by Gasteiger charge is -2.31. The highest BCUT2D eigenvalue weighted by Crippen LogP contribution is 2.22. The van der Waals surface area contributed by atoms with E-state index in [0.29, 0.717) is 17.1 Å². The van der Waals surface area contributed by atoms with Gasteiger partial charge in [-0.05, 0) is 26.3 Å². The summed E-state index contributed by atoms with van der Waals surface area (Å²) >= 11 is 5.76. The fourth-order valence-corrected chi connectivity index (χ4v) is 2.25. The van der Waals surface area contributed by atoms with Gasteiger partial charge in [-0.1, -0.05) is 18.0 Å². The average Bonchev–Trinajstić information content (AvgIpc) is 2.30. The summed E-state index contributed by atoms with van der Waals surface area (Å²) < 4.78 is 5.82. The first-order valence-electron chi connectivity index (χ1n) is 5.61. The topological polar surface area (TPSA) is 47.0 Å². The second kappa shape index (κ2) is 5.46. The van der Waals surface area contributed by atoms with E-state index in [2.05, 4.69) is 15.3 Å². The molecule has 0 bridgehead atoms. The van der Waals surface area contributed by atoms with Gasteiger partial charge in [0.15, 0.2) is 5.15 Å². The van der Waals surface area contributed by atoms with Gasteiger partial charge in [-0.15, -0.1) is 0 Å². The molecule has 1 aromatic heterocycles. The van der Waals surface area contributed by atoms with Crippen molar-refractivity contribution in [2.24, 2.45) is 0 Å². The van der Waals surface area contributed by atoms with Crippen LogP contribution in [0.4, 0.5) is 0 Å². The molecule has 1 aromatic rings. The summed E-state index contributed by atoms with van der Waals surface area (Å²) in [5.41, 5.74) is 0. The minimum absolute atomic E-state index is 0.173. The number of aromatic nitrogens is 2. The zero-order valence-corrected chi connectivity index (χ0v) is 10.1. The molecule has 2 rings (SSSR count). The number of likely N-dealkylation sites (N-methyl/N-ethyl adjacent to an activating group) is 1. The van der Waals surface area contributed by atoms with Gasteiger partial charge in [0.25, 0.3) is 0 Å². The molecule has 2 atom stereocenters. The van der Waals surface area contributed by atoms with Gasteiger partial charge in [0.05, 0.1) is 12.4 Å². The Morgan fingerprint density at radius 3 is 2.94 bits per heavy atom. The highest BCUT2D eigenvalue weighted by atomic mass is 35.5. The summed E-state index contributed by atoms with van der Waals surface area (Å²) in [6.45, 7) is 0. The Morgan fingerprint density at radius 2 is 2.19 bits per heavy atom. The summed E-state index contributed by atoms with van der Waals surface area (Å²) in [6.07, 6.45) is 7.95. The predicted molar refractivity (Wildman–Crippen MR) is 62.8 cm³/mol. The fourth-order valence-electron chi connectivity index (χ4n) is 2.11. The van der Waals surface area contributed by atoms with E-state index < -0.39 is 0 Å². The van der Waals surface area contributed by atoms with Crippen LogP contribution in [0.25, 0.3) is 0 Å². The van der Waals surface area contributed by atoms with E-state index in [1.54, 1.807) is 6.20 Å². The first-order valence-corrected chi connectivity index (χ1v) is 5.99. The number of nitrogens with zero attached hydrogens (tertiary/aromatic N) is 2. The van der Waals surface area contributed by atoms with Crippen LogP contribution >= 0.6 is 11.6 Å². The number of nitrogens with one attached hydrogen (secondary N) is 1. The maximum Gasteiger partial charge on any atom is 0.234 e. The number of halogens is 1. The third-order valence-electron chi connectivity index (χ3n) is 2.93. The molecule has 1 aliphatic rings. The van der Waals surface area contributed by atoms with Gasteiger partial charge in [0.2, 0.25) is 5.88 Å². The van der Waals surface area contributed by atoms with Crippen LogP contribution in [0.5, 0.6) is 5.88 Å². The van der Waals surface area contributed by atoms with Crippen molar-refractivity contribution in [3.63, 3.8) is 0 Å². The van der Waals surface area contributed by atoms with E-state index in [1.165, 1.54) is 19.0 Å². The van der Waals surface area contributed by atoms with Gasteiger partial charge >= 0.3 is 0 Å². The van der Waals surface area contributed by atoms with Crippen molar-refractivity contribution in [2.45, 2.75) is 37.8 Å². The van der Waals surface area contributed by atoms with Crippen molar-refractivity contribution >= 4 is 11.6 Å².